The molecule has 0 aromatic heterocycles. The molecule has 13 heavy (non-hydrogen) atoms. The third-order valence-electron chi connectivity index (χ3n) is 2.58. The van der Waals surface area contributed by atoms with Gasteiger partial charge in [-0.3, -0.25) is 0 Å². The Kier molecular flexibility index (Phi) is 5.57. The van der Waals surface area contributed by atoms with E-state index in [1.165, 1.54) is 19.3 Å². The van der Waals surface area contributed by atoms with Crippen LogP contribution >= 0.6 is 0 Å². The van der Waals surface area contributed by atoms with E-state index in [1.54, 1.807) is 0 Å². The maximum atomic E-state index is 9.70. The first-order chi connectivity index (χ1) is 5.88. The van der Waals surface area contributed by atoms with Crippen molar-refractivity contribution in [2.75, 3.05) is 0 Å². The Morgan fingerprint density at radius 2 is 1.85 bits per heavy atom. The summed E-state index contributed by atoms with van der Waals surface area (Å²) in [5, 5.41) is 13.1. The zero-order valence-corrected chi connectivity index (χ0v) is 9.72. The van der Waals surface area contributed by atoms with Crippen LogP contribution in [0, 0.1) is 0 Å². The molecule has 0 radical (unpaired) electrons. The van der Waals surface area contributed by atoms with Crippen molar-refractivity contribution in [3.8, 4) is 0 Å². The SMILES string of the molecule is CCCCC(C)NC(C)C(C)(C)O. The number of aliphatic hydroxyl groups is 1. The van der Waals surface area contributed by atoms with Gasteiger partial charge >= 0.3 is 0 Å². The summed E-state index contributed by atoms with van der Waals surface area (Å²) < 4.78 is 0. The molecule has 0 heterocycles. The largest absolute Gasteiger partial charge is 0.389 e. The quantitative estimate of drug-likeness (QED) is 0.669. The summed E-state index contributed by atoms with van der Waals surface area (Å²) >= 11 is 0. The minimum atomic E-state index is -0.625. The molecule has 0 aliphatic heterocycles. The first kappa shape index (κ1) is 12.9. The molecular formula is C11H25NO. The Labute approximate surface area is 82.7 Å². The van der Waals surface area contributed by atoms with Crippen LogP contribution in [0.4, 0.5) is 0 Å². The normalized spacial score (nSPS) is 17.1. The Bertz CT molecular complexity index is 129. The second-order valence-corrected chi connectivity index (χ2v) is 4.59. The summed E-state index contributed by atoms with van der Waals surface area (Å²) in [5.41, 5.74) is -0.625. The van der Waals surface area contributed by atoms with E-state index in [9.17, 15) is 5.11 Å². The summed E-state index contributed by atoms with van der Waals surface area (Å²) in [7, 11) is 0. The van der Waals surface area contributed by atoms with Crippen LogP contribution in [-0.4, -0.2) is 22.8 Å². The molecular weight excluding hydrogens is 162 g/mol. The van der Waals surface area contributed by atoms with Gasteiger partial charge in [-0.15, -0.1) is 0 Å². The zero-order valence-electron chi connectivity index (χ0n) is 9.72. The van der Waals surface area contributed by atoms with E-state index >= 15 is 0 Å². The van der Waals surface area contributed by atoms with Gasteiger partial charge in [0.1, 0.15) is 0 Å². The van der Waals surface area contributed by atoms with Crippen molar-refractivity contribution in [3.05, 3.63) is 0 Å². The average molecular weight is 187 g/mol. The van der Waals surface area contributed by atoms with Crippen LogP contribution in [0.15, 0.2) is 0 Å². The molecule has 0 saturated carbocycles. The fraction of sp³-hybridized carbons (Fsp3) is 1.00. The molecule has 0 fully saturated rings. The molecule has 0 aromatic rings. The molecule has 80 valence electrons. The summed E-state index contributed by atoms with van der Waals surface area (Å²) in [4.78, 5) is 0. The van der Waals surface area contributed by atoms with Gasteiger partial charge in [-0.2, -0.15) is 0 Å². The molecule has 0 amide bonds. The van der Waals surface area contributed by atoms with E-state index in [-0.39, 0.29) is 6.04 Å². The van der Waals surface area contributed by atoms with Crippen LogP contribution in [0.1, 0.15) is 53.9 Å². The van der Waals surface area contributed by atoms with Crippen molar-refractivity contribution in [1.82, 2.24) is 5.32 Å². The van der Waals surface area contributed by atoms with Gasteiger partial charge in [-0.05, 0) is 34.1 Å². The minimum absolute atomic E-state index is 0.152. The van der Waals surface area contributed by atoms with Crippen molar-refractivity contribution in [1.29, 1.82) is 0 Å². The lowest BCUT2D eigenvalue weighted by atomic mass is 9.99. The van der Waals surface area contributed by atoms with Gasteiger partial charge < -0.3 is 10.4 Å². The fourth-order valence-corrected chi connectivity index (χ4v) is 1.22. The second-order valence-electron chi connectivity index (χ2n) is 4.59. The maximum Gasteiger partial charge on any atom is 0.0741 e. The molecule has 0 aliphatic rings. The second kappa shape index (κ2) is 5.61. The van der Waals surface area contributed by atoms with Crippen molar-refractivity contribution in [2.24, 2.45) is 0 Å². The monoisotopic (exact) mass is 187 g/mol. The first-order valence-corrected chi connectivity index (χ1v) is 5.36. The zero-order chi connectivity index (χ0) is 10.5. The lowest BCUT2D eigenvalue weighted by molar-refractivity contribution is 0.0401. The van der Waals surface area contributed by atoms with Gasteiger partial charge in [-0.25, -0.2) is 0 Å². The van der Waals surface area contributed by atoms with Gasteiger partial charge in [0, 0.05) is 12.1 Å². The summed E-state index contributed by atoms with van der Waals surface area (Å²) in [6.45, 7) is 10.1. The third kappa shape index (κ3) is 6.05. The predicted molar refractivity (Wildman–Crippen MR) is 57.9 cm³/mol. The van der Waals surface area contributed by atoms with Gasteiger partial charge in [0.25, 0.3) is 0 Å². The van der Waals surface area contributed by atoms with Crippen LogP contribution in [0.2, 0.25) is 0 Å². The Balaban J connectivity index is 3.71. The van der Waals surface area contributed by atoms with Crippen LogP contribution < -0.4 is 5.32 Å². The molecule has 0 spiro atoms. The Morgan fingerprint density at radius 3 is 2.23 bits per heavy atom. The van der Waals surface area contributed by atoms with Crippen LogP contribution in [0.5, 0.6) is 0 Å². The third-order valence-corrected chi connectivity index (χ3v) is 2.58. The highest BCUT2D eigenvalue weighted by Gasteiger charge is 2.22. The van der Waals surface area contributed by atoms with Crippen molar-refractivity contribution in [2.45, 2.75) is 71.6 Å². The molecule has 2 N–H and O–H groups in total. The average Bonchev–Trinajstić information content (AvgIpc) is 1.99. The van der Waals surface area contributed by atoms with Crippen LogP contribution in [0.25, 0.3) is 0 Å². The van der Waals surface area contributed by atoms with E-state index in [2.05, 4.69) is 19.2 Å². The number of rotatable bonds is 6. The Hall–Kier alpha value is -0.0800. The molecule has 0 rings (SSSR count). The Morgan fingerprint density at radius 1 is 1.31 bits per heavy atom. The van der Waals surface area contributed by atoms with Crippen LogP contribution in [-0.2, 0) is 0 Å². The molecule has 2 unspecified atom stereocenters. The predicted octanol–water partition coefficient (Wildman–Crippen LogP) is 2.31. The molecule has 0 bridgehead atoms. The van der Waals surface area contributed by atoms with E-state index in [0.717, 1.165) is 0 Å². The maximum absolute atomic E-state index is 9.70. The lowest BCUT2D eigenvalue weighted by Gasteiger charge is -2.29. The van der Waals surface area contributed by atoms with Crippen LogP contribution in [0.3, 0.4) is 0 Å². The molecule has 0 aromatic carbocycles. The number of hydrogen-bond acceptors (Lipinski definition) is 2. The first-order valence-electron chi connectivity index (χ1n) is 5.36. The molecule has 0 saturated heterocycles. The number of unbranched alkanes of at least 4 members (excludes halogenated alkanes) is 1. The van der Waals surface area contributed by atoms with E-state index in [4.69, 9.17) is 0 Å². The smallest absolute Gasteiger partial charge is 0.0741 e. The van der Waals surface area contributed by atoms with Gasteiger partial charge in [0.15, 0.2) is 0 Å². The van der Waals surface area contributed by atoms with Crippen molar-refractivity contribution < 1.29 is 5.11 Å². The van der Waals surface area contributed by atoms with Crippen molar-refractivity contribution >= 4 is 0 Å². The summed E-state index contributed by atoms with van der Waals surface area (Å²) in [5.74, 6) is 0. The van der Waals surface area contributed by atoms with E-state index in [1.807, 2.05) is 20.8 Å². The van der Waals surface area contributed by atoms with Gasteiger partial charge in [0.05, 0.1) is 5.60 Å². The summed E-state index contributed by atoms with van der Waals surface area (Å²) in [6.07, 6.45) is 3.69. The highest BCUT2D eigenvalue weighted by Crippen LogP contribution is 2.10. The molecule has 2 nitrogen and oxygen atoms in total. The molecule has 0 aliphatic carbocycles. The summed E-state index contributed by atoms with van der Waals surface area (Å²) in [6, 6.07) is 0.653. The van der Waals surface area contributed by atoms with Gasteiger partial charge in [-0.1, -0.05) is 19.8 Å². The van der Waals surface area contributed by atoms with E-state index in [0.29, 0.717) is 6.04 Å². The molecule has 2 atom stereocenters. The fourth-order valence-electron chi connectivity index (χ4n) is 1.22. The highest BCUT2D eigenvalue weighted by atomic mass is 16.3. The van der Waals surface area contributed by atoms with Crippen molar-refractivity contribution in [3.63, 3.8) is 0 Å². The molecule has 2 heteroatoms. The lowest BCUT2D eigenvalue weighted by Crippen LogP contribution is -2.48. The van der Waals surface area contributed by atoms with E-state index < -0.39 is 5.60 Å². The minimum Gasteiger partial charge on any atom is -0.389 e. The standard InChI is InChI=1S/C11H25NO/c1-6-7-8-9(2)12-10(3)11(4,5)13/h9-10,12-13H,6-8H2,1-5H3. The highest BCUT2D eigenvalue weighted by molar-refractivity contribution is 4.81. The topological polar surface area (TPSA) is 32.3 Å². The van der Waals surface area contributed by atoms with Gasteiger partial charge in [0.2, 0.25) is 0 Å². The number of hydrogen-bond donors (Lipinski definition) is 2. The number of nitrogens with one attached hydrogen (secondary N) is 1.